The summed E-state index contributed by atoms with van der Waals surface area (Å²) in [5.41, 5.74) is 2.19. The predicted octanol–water partition coefficient (Wildman–Crippen LogP) is 3.17. The molecule has 2 N–H and O–H groups in total. The van der Waals surface area contributed by atoms with E-state index in [1.807, 2.05) is 48.5 Å². The molecule has 2 aromatic carbocycles. The van der Waals surface area contributed by atoms with Gasteiger partial charge >= 0.3 is 0 Å². The van der Waals surface area contributed by atoms with Crippen LogP contribution in [0.5, 0.6) is 0 Å². The summed E-state index contributed by atoms with van der Waals surface area (Å²) in [6.45, 7) is 2.45. The highest BCUT2D eigenvalue weighted by molar-refractivity contribution is 7.84. The van der Waals surface area contributed by atoms with Gasteiger partial charge in [0, 0.05) is 47.0 Å². The Morgan fingerprint density at radius 3 is 2.54 bits per heavy atom. The Kier molecular flexibility index (Phi) is 5.56. The monoisotopic (exact) mass is 339 g/mol. The number of para-hydroxylation sites is 1. The molecule has 3 aromatic rings. The van der Waals surface area contributed by atoms with Crippen molar-refractivity contribution in [3.63, 3.8) is 0 Å². The standard InChI is InChI=1S/C19H21N3OS/c1-24(23)17-9-6-15(7-10-17)14-20-12-13-21-19-11-8-16-4-2-3-5-18(16)22-19/h2-11,20H,12-14H2,1H3,(H,21,22)/t24-/m1/s1. The van der Waals surface area contributed by atoms with Gasteiger partial charge in [-0.1, -0.05) is 30.3 Å². The molecule has 0 bridgehead atoms. The van der Waals surface area contributed by atoms with Gasteiger partial charge in [-0.3, -0.25) is 4.21 Å². The molecule has 5 heteroatoms. The van der Waals surface area contributed by atoms with Gasteiger partial charge in [-0.2, -0.15) is 0 Å². The van der Waals surface area contributed by atoms with Crippen molar-refractivity contribution in [2.45, 2.75) is 11.4 Å². The van der Waals surface area contributed by atoms with Gasteiger partial charge in [-0.25, -0.2) is 4.98 Å². The van der Waals surface area contributed by atoms with Crippen LogP contribution < -0.4 is 10.6 Å². The molecule has 0 fully saturated rings. The maximum atomic E-state index is 11.4. The van der Waals surface area contributed by atoms with E-state index >= 15 is 0 Å². The van der Waals surface area contributed by atoms with E-state index < -0.39 is 10.8 Å². The van der Waals surface area contributed by atoms with Crippen molar-refractivity contribution in [1.82, 2.24) is 10.3 Å². The molecule has 0 aliphatic heterocycles. The number of hydrogen-bond donors (Lipinski definition) is 2. The van der Waals surface area contributed by atoms with Crippen molar-refractivity contribution in [3.8, 4) is 0 Å². The van der Waals surface area contributed by atoms with E-state index in [4.69, 9.17) is 0 Å². The van der Waals surface area contributed by atoms with E-state index in [0.29, 0.717) is 0 Å². The van der Waals surface area contributed by atoms with Crippen LogP contribution in [0.4, 0.5) is 5.82 Å². The van der Waals surface area contributed by atoms with Crippen LogP contribution in [0.2, 0.25) is 0 Å². The highest BCUT2D eigenvalue weighted by atomic mass is 32.2. The Morgan fingerprint density at radius 1 is 0.958 bits per heavy atom. The molecule has 0 spiro atoms. The minimum atomic E-state index is -0.915. The fraction of sp³-hybridized carbons (Fsp3) is 0.211. The number of fused-ring (bicyclic) bond motifs is 1. The van der Waals surface area contributed by atoms with Crippen molar-refractivity contribution in [3.05, 3.63) is 66.2 Å². The second-order valence-corrected chi connectivity index (χ2v) is 6.97. The quantitative estimate of drug-likeness (QED) is 0.649. The Bertz CT molecular complexity index is 833. The van der Waals surface area contributed by atoms with E-state index in [0.717, 1.165) is 41.3 Å². The van der Waals surface area contributed by atoms with Crippen molar-refractivity contribution < 1.29 is 4.21 Å². The third kappa shape index (κ3) is 4.40. The summed E-state index contributed by atoms with van der Waals surface area (Å²) in [6.07, 6.45) is 1.69. The van der Waals surface area contributed by atoms with Crippen LogP contribution in [-0.4, -0.2) is 28.5 Å². The third-order valence-electron chi connectivity index (χ3n) is 3.79. The lowest BCUT2D eigenvalue weighted by Gasteiger charge is -2.08. The van der Waals surface area contributed by atoms with Crippen molar-refractivity contribution in [2.75, 3.05) is 24.7 Å². The number of nitrogens with one attached hydrogen (secondary N) is 2. The van der Waals surface area contributed by atoms with Crippen molar-refractivity contribution >= 4 is 27.5 Å². The minimum absolute atomic E-state index is 0.795. The second-order valence-electron chi connectivity index (χ2n) is 5.59. The Balaban J connectivity index is 1.43. The van der Waals surface area contributed by atoms with E-state index in [9.17, 15) is 4.21 Å². The van der Waals surface area contributed by atoms with Crippen LogP contribution >= 0.6 is 0 Å². The molecule has 124 valence electrons. The van der Waals surface area contributed by atoms with Gasteiger partial charge in [-0.15, -0.1) is 0 Å². The summed E-state index contributed by atoms with van der Waals surface area (Å²) in [4.78, 5) is 5.45. The Morgan fingerprint density at radius 2 is 1.75 bits per heavy atom. The Labute approximate surface area is 144 Å². The summed E-state index contributed by atoms with van der Waals surface area (Å²) < 4.78 is 11.4. The van der Waals surface area contributed by atoms with Gasteiger partial charge in [0.25, 0.3) is 0 Å². The van der Waals surface area contributed by atoms with Crippen LogP contribution in [0.15, 0.2) is 65.6 Å². The van der Waals surface area contributed by atoms with Crippen molar-refractivity contribution in [2.24, 2.45) is 0 Å². The van der Waals surface area contributed by atoms with Gasteiger partial charge in [0.1, 0.15) is 5.82 Å². The van der Waals surface area contributed by atoms with E-state index in [1.54, 1.807) is 6.26 Å². The summed E-state index contributed by atoms with van der Waals surface area (Å²) >= 11 is 0. The van der Waals surface area contributed by atoms with Crippen molar-refractivity contribution in [1.29, 1.82) is 0 Å². The molecule has 0 aliphatic rings. The highest BCUT2D eigenvalue weighted by Crippen LogP contribution is 2.14. The summed E-state index contributed by atoms with van der Waals surface area (Å²) in [5, 5.41) is 7.88. The van der Waals surface area contributed by atoms with Crippen LogP contribution in [0.3, 0.4) is 0 Å². The smallest absolute Gasteiger partial charge is 0.126 e. The molecule has 1 heterocycles. The number of hydrogen-bond acceptors (Lipinski definition) is 4. The van der Waals surface area contributed by atoms with Crippen LogP contribution in [-0.2, 0) is 17.3 Å². The summed E-state index contributed by atoms with van der Waals surface area (Å²) in [7, 11) is -0.915. The van der Waals surface area contributed by atoms with Crippen LogP contribution in [0, 0.1) is 0 Å². The molecule has 1 aromatic heterocycles. The first-order valence-corrected chi connectivity index (χ1v) is 9.51. The fourth-order valence-electron chi connectivity index (χ4n) is 2.48. The number of nitrogens with zero attached hydrogens (tertiary/aromatic N) is 1. The fourth-order valence-corrected chi connectivity index (χ4v) is 2.99. The van der Waals surface area contributed by atoms with Gasteiger partial charge in [-0.05, 0) is 35.9 Å². The summed E-state index contributed by atoms with van der Waals surface area (Å²) in [5.74, 6) is 0.894. The SMILES string of the molecule is C[S@@](=O)c1ccc(CNCCNc2ccc3ccccc3n2)cc1. The number of rotatable bonds is 7. The lowest BCUT2D eigenvalue weighted by molar-refractivity contribution is 0.686. The number of benzene rings is 2. The normalized spacial score (nSPS) is 12.2. The molecule has 0 saturated heterocycles. The lowest BCUT2D eigenvalue weighted by atomic mass is 10.2. The van der Waals surface area contributed by atoms with E-state index in [2.05, 4.69) is 27.8 Å². The molecule has 4 nitrogen and oxygen atoms in total. The number of anilines is 1. The zero-order valence-electron chi connectivity index (χ0n) is 13.7. The molecular weight excluding hydrogens is 318 g/mol. The third-order valence-corrected chi connectivity index (χ3v) is 4.73. The lowest BCUT2D eigenvalue weighted by Crippen LogP contribution is -2.22. The molecule has 0 radical (unpaired) electrons. The largest absolute Gasteiger partial charge is 0.369 e. The Hall–Kier alpha value is -2.24. The molecule has 0 amide bonds. The van der Waals surface area contributed by atoms with Gasteiger partial charge in [0.15, 0.2) is 0 Å². The molecule has 1 atom stereocenters. The van der Waals surface area contributed by atoms with Gasteiger partial charge in [0.05, 0.1) is 5.52 Å². The average molecular weight is 339 g/mol. The van der Waals surface area contributed by atoms with Crippen LogP contribution in [0.1, 0.15) is 5.56 Å². The number of aromatic nitrogens is 1. The van der Waals surface area contributed by atoms with E-state index in [-0.39, 0.29) is 0 Å². The zero-order valence-corrected chi connectivity index (χ0v) is 14.5. The molecule has 0 aliphatic carbocycles. The zero-order chi connectivity index (χ0) is 16.8. The minimum Gasteiger partial charge on any atom is -0.369 e. The highest BCUT2D eigenvalue weighted by Gasteiger charge is 1.99. The second kappa shape index (κ2) is 8.04. The average Bonchev–Trinajstić information content (AvgIpc) is 2.61. The summed E-state index contributed by atoms with van der Waals surface area (Å²) in [6, 6.07) is 20.1. The van der Waals surface area contributed by atoms with Gasteiger partial charge < -0.3 is 10.6 Å². The molecular formula is C19H21N3OS. The topological polar surface area (TPSA) is 54.0 Å². The first-order valence-electron chi connectivity index (χ1n) is 7.95. The maximum Gasteiger partial charge on any atom is 0.126 e. The maximum absolute atomic E-state index is 11.4. The predicted molar refractivity (Wildman–Crippen MR) is 101 cm³/mol. The molecule has 0 saturated carbocycles. The van der Waals surface area contributed by atoms with Gasteiger partial charge in [0.2, 0.25) is 0 Å². The molecule has 3 rings (SSSR count). The molecule has 24 heavy (non-hydrogen) atoms. The first kappa shape index (κ1) is 16.6. The first-order chi connectivity index (χ1) is 11.7. The molecule has 0 unspecified atom stereocenters. The van der Waals surface area contributed by atoms with Crippen LogP contribution in [0.25, 0.3) is 10.9 Å². The van der Waals surface area contributed by atoms with E-state index in [1.165, 1.54) is 5.56 Å². The number of pyridine rings is 1.